The minimum atomic E-state index is -0.753. The van der Waals surface area contributed by atoms with Crippen LogP contribution in [0.4, 0.5) is 4.39 Å². The molecule has 0 fully saturated rings. The number of aliphatic hydroxyl groups is 1. The van der Waals surface area contributed by atoms with Crippen molar-refractivity contribution in [3.63, 3.8) is 0 Å². The summed E-state index contributed by atoms with van der Waals surface area (Å²) in [5, 5.41) is 17.0. The van der Waals surface area contributed by atoms with Crippen LogP contribution in [0, 0.1) is 5.82 Å². The molecule has 1 aliphatic carbocycles. The van der Waals surface area contributed by atoms with Gasteiger partial charge in [-0.1, -0.05) is 84.9 Å². The van der Waals surface area contributed by atoms with Crippen molar-refractivity contribution in [1.82, 2.24) is 10.6 Å². The largest absolute Gasteiger partial charge is 0.390 e. The van der Waals surface area contributed by atoms with Crippen molar-refractivity contribution in [2.75, 3.05) is 6.54 Å². The number of halogens is 1. The molecule has 0 radical (unpaired) electrons. The molecule has 0 unspecified atom stereocenters. The van der Waals surface area contributed by atoms with Crippen LogP contribution in [0.3, 0.4) is 0 Å². The van der Waals surface area contributed by atoms with Crippen molar-refractivity contribution in [1.29, 1.82) is 0 Å². The summed E-state index contributed by atoms with van der Waals surface area (Å²) in [7, 11) is 0. The summed E-state index contributed by atoms with van der Waals surface area (Å²) < 4.78 is 14.9. The molecule has 0 heterocycles. The zero-order valence-electron chi connectivity index (χ0n) is 20.0. The number of nitrogens with one attached hydrogen (secondary N) is 2. The van der Waals surface area contributed by atoms with Crippen LogP contribution in [-0.2, 0) is 19.4 Å². The second-order valence-corrected chi connectivity index (χ2v) is 9.23. The fraction of sp³-hybridized carbons (Fsp3) is 0.194. The monoisotopic (exact) mass is 480 g/mol. The number of carbonyl (C=O) groups excluding carboxylic acids is 1. The van der Waals surface area contributed by atoms with E-state index in [1.165, 1.54) is 17.7 Å². The number of rotatable bonds is 8. The van der Waals surface area contributed by atoms with E-state index < -0.39 is 23.9 Å². The van der Waals surface area contributed by atoms with Gasteiger partial charge in [-0.3, -0.25) is 4.79 Å². The van der Waals surface area contributed by atoms with Crippen LogP contribution >= 0.6 is 0 Å². The third-order valence-corrected chi connectivity index (χ3v) is 6.73. The van der Waals surface area contributed by atoms with E-state index in [0.717, 1.165) is 35.2 Å². The molecule has 1 amide bonds. The number of hydrogen-bond acceptors (Lipinski definition) is 3. The van der Waals surface area contributed by atoms with E-state index in [2.05, 4.69) is 22.8 Å². The average molecular weight is 481 g/mol. The maximum absolute atomic E-state index is 14.9. The molecule has 0 spiro atoms. The van der Waals surface area contributed by atoms with Gasteiger partial charge in [0.15, 0.2) is 0 Å². The predicted molar refractivity (Wildman–Crippen MR) is 140 cm³/mol. The minimum absolute atomic E-state index is 0.0333. The van der Waals surface area contributed by atoms with E-state index in [4.69, 9.17) is 0 Å². The molecule has 1 aliphatic rings. The first-order chi connectivity index (χ1) is 17.6. The molecular formula is C31H29FN2O2. The SMILES string of the molecule is O=C(N[C@@H]1c2cc(CNCCc3ccccc3)ccc2C[C@H]1O)c1ccc(-c2ccccc2)cc1F. The van der Waals surface area contributed by atoms with Gasteiger partial charge in [-0.2, -0.15) is 0 Å². The van der Waals surface area contributed by atoms with Crippen molar-refractivity contribution in [3.05, 3.63) is 131 Å². The lowest BCUT2D eigenvalue weighted by molar-refractivity contribution is 0.0854. The molecule has 0 bridgehead atoms. The van der Waals surface area contributed by atoms with E-state index in [1.54, 1.807) is 6.07 Å². The molecule has 0 aromatic heterocycles. The maximum Gasteiger partial charge on any atom is 0.254 e. The minimum Gasteiger partial charge on any atom is -0.390 e. The van der Waals surface area contributed by atoms with Crippen molar-refractivity contribution in [2.45, 2.75) is 31.5 Å². The number of amides is 1. The zero-order chi connectivity index (χ0) is 24.9. The fourth-order valence-corrected chi connectivity index (χ4v) is 4.79. The Balaban J connectivity index is 1.25. The first-order valence-electron chi connectivity index (χ1n) is 12.3. The van der Waals surface area contributed by atoms with Crippen LogP contribution in [-0.4, -0.2) is 23.7 Å². The first-order valence-corrected chi connectivity index (χ1v) is 12.3. The van der Waals surface area contributed by atoms with Gasteiger partial charge >= 0.3 is 0 Å². The van der Waals surface area contributed by atoms with Crippen LogP contribution < -0.4 is 10.6 Å². The van der Waals surface area contributed by atoms with E-state index in [9.17, 15) is 14.3 Å². The van der Waals surface area contributed by atoms with E-state index in [1.807, 2.05) is 66.7 Å². The van der Waals surface area contributed by atoms with Gasteiger partial charge in [0, 0.05) is 13.0 Å². The molecule has 182 valence electrons. The molecular weight excluding hydrogens is 451 g/mol. The summed E-state index contributed by atoms with van der Waals surface area (Å²) >= 11 is 0. The van der Waals surface area contributed by atoms with Crippen LogP contribution in [0.25, 0.3) is 11.1 Å². The second kappa shape index (κ2) is 10.9. The average Bonchev–Trinajstić information content (AvgIpc) is 3.21. The van der Waals surface area contributed by atoms with Gasteiger partial charge in [0.2, 0.25) is 0 Å². The first kappa shape index (κ1) is 23.9. The van der Waals surface area contributed by atoms with Gasteiger partial charge in [-0.25, -0.2) is 4.39 Å². The van der Waals surface area contributed by atoms with Crippen molar-refractivity contribution < 1.29 is 14.3 Å². The summed E-state index contributed by atoms with van der Waals surface area (Å²) in [6.45, 7) is 1.54. The Bertz CT molecular complexity index is 1340. The number of carbonyl (C=O) groups is 1. The highest BCUT2D eigenvalue weighted by Gasteiger charge is 2.33. The Kier molecular flexibility index (Phi) is 7.21. The quantitative estimate of drug-likeness (QED) is 0.303. The molecule has 2 atom stereocenters. The lowest BCUT2D eigenvalue weighted by Crippen LogP contribution is -2.34. The van der Waals surface area contributed by atoms with Crippen LogP contribution in [0.2, 0.25) is 0 Å². The molecule has 0 saturated heterocycles. The van der Waals surface area contributed by atoms with Gasteiger partial charge in [0.05, 0.1) is 17.7 Å². The number of aliphatic hydroxyl groups excluding tert-OH is 1. The van der Waals surface area contributed by atoms with Gasteiger partial charge < -0.3 is 15.7 Å². The third kappa shape index (κ3) is 5.38. The summed E-state index contributed by atoms with van der Waals surface area (Å²) in [5.74, 6) is -1.12. The standard InChI is InChI=1S/C31H29FN2O2/c32-28-18-24(23-9-5-2-6-10-23)13-14-26(28)31(36)34-30-27-17-22(11-12-25(27)19-29(30)35)20-33-16-15-21-7-3-1-4-8-21/h1-14,17-18,29-30,33,35H,15-16,19-20H2,(H,34,36)/t29-,30-/m1/s1. The van der Waals surface area contributed by atoms with Crippen molar-refractivity contribution >= 4 is 5.91 Å². The second-order valence-electron chi connectivity index (χ2n) is 9.23. The summed E-state index contributed by atoms with van der Waals surface area (Å²) in [4.78, 5) is 13.0. The van der Waals surface area contributed by atoms with Crippen LogP contribution in [0.1, 0.15) is 38.7 Å². The van der Waals surface area contributed by atoms with Crippen molar-refractivity contribution in [3.8, 4) is 11.1 Å². The zero-order valence-corrected chi connectivity index (χ0v) is 20.0. The van der Waals surface area contributed by atoms with Crippen LogP contribution in [0.5, 0.6) is 0 Å². The Hall–Kier alpha value is -3.80. The molecule has 3 N–H and O–H groups in total. The summed E-state index contributed by atoms with van der Waals surface area (Å²) in [6.07, 6.45) is 0.645. The highest BCUT2D eigenvalue weighted by atomic mass is 19.1. The smallest absolute Gasteiger partial charge is 0.254 e. The molecule has 36 heavy (non-hydrogen) atoms. The number of benzene rings is 4. The lowest BCUT2D eigenvalue weighted by Gasteiger charge is -2.19. The van der Waals surface area contributed by atoms with Gasteiger partial charge in [0.25, 0.3) is 5.91 Å². The molecule has 4 nitrogen and oxygen atoms in total. The number of fused-ring (bicyclic) bond motifs is 1. The molecule has 5 heteroatoms. The Morgan fingerprint density at radius 3 is 2.36 bits per heavy atom. The summed E-state index contributed by atoms with van der Waals surface area (Å²) in [5.41, 5.74) is 5.81. The van der Waals surface area contributed by atoms with E-state index in [0.29, 0.717) is 18.5 Å². The topological polar surface area (TPSA) is 61.4 Å². The number of hydrogen-bond donors (Lipinski definition) is 3. The molecule has 5 rings (SSSR count). The fourth-order valence-electron chi connectivity index (χ4n) is 4.79. The molecule has 0 aliphatic heterocycles. The highest BCUT2D eigenvalue weighted by molar-refractivity contribution is 5.95. The normalized spacial score (nSPS) is 16.5. The Labute approximate surface area is 210 Å². The highest BCUT2D eigenvalue weighted by Crippen LogP contribution is 2.33. The maximum atomic E-state index is 14.9. The molecule has 0 saturated carbocycles. The molecule has 4 aromatic rings. The Morgan fingerprint density at radius 2 is 1.61 bits per heavy atom. The predicted octanol–water partition coefficient (Wildman–Crippen LogP) is 5.21. The van der Waals surface area contributed by atoms with Gasteiger partial charge in [-0.05, 0) is 58.5 Å². The molecule has 4 aromatic carbocycles. The third-order valence-electron chi connectivity index (χ3n) is 6.73. The lowest BCUT2D eigenvalue weighted by atomic mass is 10.0. The Morgan fingerprint density at radius 1 is 0.861 bits per heavy atom. The van der Waals surface area contributed by atoms with E-state index >= 15 is 0 Å². The van der Waals surface area contributed by atoms with Crippen molar-refractivity contribution in [2.24, 2.45) is 0 Å². The summed E-state index contributed by atoms with van der Waals surface area (Å²) in [6, 6.07) is 29.9. The van der Waals surface area contributed by atoms with Gasteiger partial charge in [0.1, 0.15) is 5.82 Å². The van der Waals surface area contributed by atoms with Crippen LogP contribution in [0.15, 0.2) is 97.1 Å². The van der Waals surface area contributed by atoms with E-state index in [-0.39, 0.29) is 5.56 Å². The van der Waals surface area contributed by atoms with Gasteiger partial charge in [-0.15, -0.1) is 0 Å².